The molecule has 0 saturated carbocycles. The zero-order chi connectivity index (χ0) is 17.2. The molecule has 1 N–H and O–H groups in total. The Labute approximate surface area is 141 Å². The number of fused-ring (bicyclic) bond motifs is 1. The molecule has 0 unspecified atom stereocenters. The molecule has 1 heterocycles. The minimum atomic E-state index is -3.42. The van der Waals surface area contributed by atoms with Crippen molar-refractivity contribution in [2.45, 2.75) is 20.3 Å². The lowest BCUT2D eigenvalue weighted by atomic mass is 10.2. The van der Waals surface area contributed by atoms with Crippen molar-refractivity contribution in [1.29, 1.82) is 0 Å². The number of hydrogen-bond donors (Lipinski definition) is 1. The van der Waals surface area contributed by atoms with E-state index in [1.165, 1.54) is 0 Å². The number of benzene rings is 2. The Morgan fingerprint density at radius 1 is 0.917 bits per heavy atom. The van der Waals surface area contributed by atoms with Crippen LogP contribution in [-0.4, -0.2) is 24.1 Å². The summed E-state index contributed by atoms with van der Waals surface area (Å²) in [5.41, 5.74) is 4.66. The van der Waals surface area contributed by atoms with E-state index in [1.54, 1.807) is 18.2 Å². The van der Waals surface area contributed by atoms with Crippen molar-refractivity contribution in [3.8, 4) is 0 Å². The number of hydrogen-bond acceptors (Lipinski definition) is 4. The van der Waals surface area contributed by atoms with E-state index in [9.17, 15) is 8.42 Å². The third kappa shape index (κ3) is 3.89. The smallest absolute Gasteiger partial charge is 0.233 e. The van der Waals surface area contributed by atoms with Gasteiger partial charge in [0.2, 0.25) is 10.0 Å². The Balaban J connectivity index is 1.77. The van der Waals surface area contributed by atoms with Crippen LogP contribution < -0.4 is 4.72 Å². The lowest BCUT2D eigenvalue weighted by molar-refractivity contribution is 0.600. The average Bonchev–Trinajstić information content (AvgIpc) is 2.55. The second kappa shape index (κ2) is 6.57. The van der Waals surface area contributed by atoms with E-state index in [-0.39, 0.29) is 5.75 Å². The van der Waals surface area contributed by atoms with Gasteiger partial charge in [0, 0.05) is 0 Å². The van der Waals surface area contributed by atoms with Crippen molar-refractivity contribution >= 4 is 26.7 Å². The van der Waals surface area contributed by atoms with Crippen LogP contribution in [0.15, 0.2) is 48.5 Å². The Bertz CT molecular complexity index is 970. The Hall–Kier alpha value is -2.47. The molecular formula is C18H19N3O2S. The van der Waals surface area contributed by atoms with Crippen LogP contribution in [0, 0.1) is 13.8 Å². The fraction of sp³-hybridized carbons (Fsp3) is 0.222. The second-order valence-corrected chi connectivity index (χ2v) is 7.60. The van der Waals surface area contributed by atoms with Gasteiger partial charge in [-0.25, -0.2) is 18.4 Å². The first-order valence-corrected chi connectivity index (χ1v) is 9.38. The molecular weight excluding hydrogens is 322 g/mol. The molecule has 24 heavy (non-hydrogen) atoms. The minimum Gasteiger partial charge on any atom is -0.283 e. The zero-order valence-corrected chi connectivity index (χ0v) is 14.5. The normalized spacial score (nSPS) is 11.6. The highest BCUT2D eigenvalue weighted by Gasteiger charge is 2.12. The molecule has 124 valence electrons. The van der Waals surface area contributed by atoms with Gasteiger partial charge in [-0.3, -0.25) is 4.72 Å². The average molecular weight is 341 g/mol. The van der Waals surface area contributed by atoms with E-state index in [0.717, 1.165) is 22.5 Å². The van der Waals surface area contributed by atoms with Gasteiger partial charge in [0.25, 0.3) is 0 Å². The summed E-state index contributed by atoms with van der Waals surface area (Å²) >= 11 is 0. The van der Waals surface area contributed by atoms with Crippen LogP contribution in [-0.2, 0) is 16.4 Å². The van der Waals surface area contributed by atoms with Crippen molar-refractivity contribution in [2.75, 3.05) is 10.5 Å². The topological polar surface area (TPSA) is 72.0 Å². The van der Waals surface area contributed by atoms with Crippen LogP contribution in [0.25, 0.3) is 11.0 Å². The van der Waals surface area contributed by atoms with Crippen molar-refractivity contribution in [2.24, 2.45) is 0 Å². The van der Waals surface area contributed by atoms with E-state index >= 15 is 0 Å². The predicted molar refractivity (Wildman–Crippen MR) is 96.6 cm³/mol. The first-order chi connectivity index (χ1) is 11.4. The molecule has 0 amide bonds. The monoisotopic (exact) mass is 341 g/mol. The Morgan fingerprint density at radius 3 is 2.29 bits per heavy atom. The largest absolute Gasteiger partial charge is 0.283 e. The molecule has 0 radical (unpaired) electrons. The summed E-state index contributed by atoms with van der Waals surface area (Å²) in [4.78, 5) is 8.91. The number of rotatable bonds is 5. The number of anilines is 1. The van der Waals surface area contributed by atoms with Crippen molar-refractivity contribution in [3.05, 3.63) is 65.5 Å². The zero-order valence-electron chi connectivity index (χ0n) is 13.7. The highest BCUT2D eigenvalue weighted by molar-refractivity contribution is 7.92. The van der Waals surface area contributed by atoms with Crippen LogP contribution >= 0.6 is 0 Å². The molecule has 0 fully saturated rings. The molecule has 3 aromatic rings. The van der Waals surface area contributed by atoms with E-state index in [4.69, 9.17) is 0 Å². The third-order valence-electron chi connectivity index (χ3n) is 3.85. The predicted octanol–water partition coefficient (Wildman–Crippen LogP) is 3.23. The van der Waals surface area contributed by atoms with Gasteiger partial charge < -0.3 is 0 Å². The first kappa shape index (κ1) is 16.4. The maximum absolute atomic E-state index is 12.3. The quantitative estimate of drug-likeness (QED) is 0.773. The Morgan fingerprint density at radius 2 is 1.58 bits per heavy atom. The number of nitrogens with one attached hydrogen (secondary N) is 1. The van der Waals surface area contributed by atoms with E-state index in [0.29, 0.717) is 17.6 Å². The molecule has 5 nitrogen and oxygen atoms in total. The highest BCUT2D eigenvalue weighted by atomic mass is 32.2. The number of nitrogens with zero attached hydrogens (tertiary/aromatic N) is 2. The summed E-state index contributed by atoms with van der Waals surface area (Å²) < 4.78 is 27.2. The molecule has 0 bridgehead atoms. The van der Waals surface area contributed by atoms with Gasteiger partial charge in [-0.1, -0.05) is 30.3 Å². The molecule has 2 aromatic carbocycles. The van der Waals surface area contributed by atoms with Crippen LogP contribution in [0.3, 0.4) is 0 Å². The van der Waals surface area contributed by atoms with Gasteiger partial charge in [-0.15, -0.1) is 0 Å². The molecule has 0 aliphatic heterocycles. The standard InChI is InChI=1S/C18H19N3O2S/c1-13-14(2)20-18-12-16(8-9-17(18)19-13)21-24(22,23)11-10-15-6-4-3-5-7-15/h3-9,12,21H,10-11H2,1-2H3. The van der Waals surface area contributed by atoms with Crippen molar-refractivity contribution < 1.29 is 8.42 Å². The van der Waals surface area contributed by atoms with Gasteiger partial charge in [-0.2, -0.15) is 0 Å². The van der Waals surface area contributed by atoms with Gasteiger partial charge >= 0.3 is 0 Å². The number of sulfonamides is 1. The van der Waals surface area contributed by atoms with Gasteiger partial charge in [-0.05, 0) is 44.0 Å². The summed E-state index contributed by atoms with van der Waals surface area (Å²) in [5.74, 6) is 0.0354. The van der Waals surface area contributed by atoms with E-state index < -0.39 is 10.0 Å². The SMILES string of the molecule is Cc1nc2ccc(NS(=O)(=O)CCc3ccccc3)cc2nc1C. The lowest BCUT2D eigenvalue weighted by Gasteiger charge is -2.09. The molecule has 0 spiro atoms. The van der Waals surface area contributed by atoms with Gasteiger partial charge in [0.15, 0.2) is 0 Å². The molecule has 3 rings (SSSR count). The minimum absolute atomic E-state index is 0.0354. The van der Waals surface area contributed by atoms with Gasteiger partial charge in [0.05, 0.1) is 33.9 Å². The Kier molecular flexibility index (Phi) is 4.49. The second-order valence-electron chi connectivity index (χ2n) is 5.75. The molecule has 6 heteroatoms. The lowest BCUT2D eigenvalue weighted by Crippen LogP contribution is -2.18. The summed E-state index contributed by atoms with van der Waals surface area (Å²) in [6.07, 6.45) is 0.474. The summed E-state index contributed by atoms with van der Waals surface area (Å²) in [6, 6.07) is 14.8. The highest BCUT2D eigenvalue weighted by Crippen LogP contribution is 2.18. The van der Waals surface area contributed by atoms with Crippen molar-refractivity contribution in [3.63, 3.8) is 0 Å². The van der Waals surface area contributed by atoms with Crippen LogP contribution in [0.5, 0.6) is 0 Å². The summed E-state index contributed by atoms with van der Waals surface area (Å²) in [7, 11) is -3.42. The maximum Gasteiger partial charge on any atom is 0.233 e. The van der Waals surface area contributed by atoms with Crippen LogP contribution in [0.2, 0.25) is 0 Å². The maximum atomic E-state index is 12.3. The summed E-state index contributed by atoms with van der Waals surface area (Å²) in [5, 5.41) is 0. The molecule has 0 saturated heterocycles. The fourth-order valence-electron chi connectivity index (χ4n) is 2.42. The third-order valence-corrected chi connectivity index (χ3v) is 5.14. The number of aromatic nitrogens is 2. The van der Waals surface area contributed by atoms with Crippen LogP contribution in [0.1, 0.15) is 17.0 Å². The molecule has 0 atom stereocenters. The van der Waals surface area contributed by atoms with Crippen LogP contribution in [0.4, 0.5) is 5.69 Å². The first-order valence-electron chi connectivity index (χ1n) is 7.72. The van der Waals surface area contributed by atoms with E-state index in [2.05, 4.69) is 14.7 Å². The van der Waals surface area contributed by atoms with Crippen molar-refractivity contribution in [1.82, 2.24) is 9.97 Å². The van der Waals surface area contributed by atoms with Gasteiger partial charge in [0.1, 0.15) is 0 Å². The number of aryl methyl sites for hydroxylation is 3. The molecule has 0 aliphatic rings. The fourth-order valence-corrected chi connectivity index (χ4v) is 3.51. The molecule has 1 aromatic heterocycles. The van der Waals surface area contributed by atoms with E-state index in [1.807, 2.05) is 44.2 Å². The summed E-state index contributed by atoms with van der Waals surface area (Å²) in [6.45, 7) is 3.79. The molecule has 0 aliphatic carbocycles.